The minimum atomic E-state index is -0.0616. The molecule has 2 N–H and O–H groups in total. The van der Waals surface area contributed by atoms with Gasteiger partial charge in [-0.05, 0) is 43.6 Å². The summed E-state index contributed by atoms with van der Waals surface area (Å²) in [7, 11) is 1.94. The van der Waals surface area contributed by atoms with Gasteiger partial charge >= 0.3 is 0 Å². The van der Waals surface area contributed by atoms with Gasteiger partial charge in [-0.2, -0.15) is 5.10 Å². The fourth-order valence-electron chi connectivity index (χ4n) is 3.01. The zero-order chi connectivity index (χ0) is 13.7. The van der Waals surface area contributed by atoms with E-state index in [-0.39, 0.29) is 5.60 Å². The number of hydrogen-bond donors (Lipinski definition) is 1. The first-order chi connectivity index (χ1) is 9.17. The second-order valence-corrected chi connectivity index (χ2v) is 5.86. The number of nitrogens with zero attached hydrogens (tertiary/aromatic N) is 2. The van der Waals surface area contributed by atoms with Gasteiger partial charge in [0.05, 0.1) is 18.4 Å². The van der Waals surface area contributed by atoms with Crippen LogP contribution >= 0.6 is 0 Å². The fourth-order valence-corrected chi connectivity index (χ4v) is 3.01. The summed E-state index contributed by atoms with van der Waals surface area (Å²) >= 11 is 0. The van der Waals surface area contributed by atoms with E-state index in [9.17, 15) is 0 Å². The van der Waals surface area contributed by atoms with Crippen LogP contribution in [0, 0.1) is 5.92 Å². The smallest absolute Gasteiger partial charge is 0.0804 e. The summed E-state index contributed by atoms with van der Waals surface area (Å²) in [5, 5.41) is 4.18. The topological polar surface area (TPSA) is 53.1 Å². The van der Waals surface area contributed by atoms with Crippen molar-refractivity contribution in [1.29, 1.82) is 0 Å². The Kier molecular flexibility index (Phi) is 4.99. The molecule has 0 unspecified atom stereocenters. The lowest BCUT2D eigenvalue weighted by Crippen LogP contribution is -2.44. The molecule has 0 atom stereocenters. The summed E-state index contributed by atoms with van der Waals surface area (Å²) < 4.78 is 8.00. The van der Waals surface area contributed by atoms with Crippen molar-refractivity contribution in [1.82, 2.24) is 9.78 Å². The molecular weight excluding hydrogens is 238 g/mol. The summed E-state index contributed by atoms with van der Waals surface area (Å²) in [6.45, 7) is 3.68. The van der Waals surface area contributed by atoms with Gasteiger partial charge in [-0.1, -0.05) is 13.3 Å². The van der Waals surface area contributed by atoms with Crippen LogP contribution in [-0.4, -0.2) is 28.5 Å². The summed E-state index contributed by atoms with van der Waals surface area (Å²) in [6, 6.07) is 0. The first kappa shape index (κ1) is 14.5. The Bertz CT molecular complexity index is 380. The minimum absolute atomic E-state index is 0.0616. The molecule has 108 valence electrons. The molecule has 19 heavy (non-hydrogen) atoms. The highest BCUT2D eigenvalue weighted by molar-refractivity contribution is 5.03. The lowest BCUT2D eigenvalue weighted by atomic mass is 9.77. The van der Waals surface area contributed by atoms with E-state index < -0.39 is 0 Å². The molecule has 0 spiro atoms. The standard InChI is InChI=1S/C15H27N3O/c1-3-13-4-7-15(12-16,8-5-13)19-9-6-14-10-17-18(2)11-14/h10-11,13H,3-9,12,16H2,1-2H3. The van der Waals surface area contributed by atoms with Gasteiger partial charge in [0.1, 0.15) is 0 Å². The van der Waals surface area contributed by atoms with Crippen molar-refractivity contribution in [3.8, 4) is 0 Å². The number of aromatic nitrogens is 2. The van der Waals surface area contributed by atoms with E-state index in [1.807, 2.05) is 24.1 Å². The summed E-state index contributed by atoms with van der Waals surface area (Å²) in [5.74, 6) is 0.876. The van der Waals surface area contributed by atoms with Crippen molar-refractivity contribution in [2.75, 3.05) is 13.2 Å². The van der Waals surface area contributed by atoms with Crippen molar-refractivity contribution in [2.45, 2.75) is 51.0 Å². The highest BCUT2D eigenvalue weighted by Crippen LogP contribution is 2.35. The van der Waals surface area contributed by atoms with Gasteiger partial charge in [0.15, 0.2) is 0 Å². The van der Waals surface area contributed by atoms with Crippen LogP contribution in [0.1, 0.15) is 44.6 Å². The zero-order valence-electron chi connectivity index (χ0n) is 12.3. The quantitative estimate of drug-likeness (QED) is 0.858. The molecule has 1 aromatic heterocycles. The lowest BCUT2D eigenvalue weighted by molar-refractivity contribution is -0.0702. The van der Waals surface area contributed by atoms with Crippen molar-refractivity contribution in [3.05, 3.63) is 18.0 Å². The highest BCUT2D eigenvalue weighted by Gasteiger charge is 2.34. The number of hydrogen-bond acceptors (Lipinski definition) is 3. The average Bonchev–Trinajstić information content (AvgIpc) is 2.85. The van der Waals surface area contributed by atoms with Crippen LogP contribution in [-0.2, 0) is 18.2 Å². The van der Waals surface area contributed by atoms with Crippen LogP contribution in [0.5, 0.6) is 0 Å². The Labute approximate surface area is 116 Å². The maximum atomic E-state index is 6.16. The molecular formula is C15H27N3O. The molecule has 4 heteroatoms. The molecule has 0 amide bonds. The largest absolute Gasteiger partial charge is 0.373 e. The van der Waals surface area contributed by atoms with Gasteiger partial charge in [-0.15, -0.1) is 0 Å². The van der Waals surface area contributed by atoms with E-state index in [2.05, 4.69) is 12.0 Å². The molecule has 1 aromatic rings. The highest BCUT2D eigenvalue weighted by atomic mass is 16.5. The number of rotatable bonds is 6. The van der Waals surface area contributed by atoms with E-state index in [0.29, 0.717) is 6.54 Å². The lowest BCUT2D eigenvalue weighted by Gasteiger charge is -2.39. The molecule has 0 saturated heterocycles. The molecule has 1 aliphatic rings. The van der Waals surface area contributed by atoms with Crippen LogP contribution in [0.15, 0.2) is 12.4 Å². The first-order valence-corrected chi connectivity index (χ1v) is 7.49. The molecule has 4 nitrogen and oxygen atoms in total. The molecule has 1 saturated carbocycles. The molecule has 0 bridgehead atoms. The molecule has 0 aliphatic heterocycles. The van der Waals surface area contributed by atoms with E-state index in [0.717, 1.165) is 31.8 Å². The molecule has 1 heterocycles. The normalized spacial score (nSPS) is 27.6. The number of ether oxygens (including phenoxy) is 1. The monoisotopic (exact) mass is 265 g/mol. The van der Waals surface area contributed by atoms with Crippen LogP contribution in [0.2, 0.25) is 0 Å². The molecule has 0 aromatic carbocycles. The molecule has 1 aliphatic carbocycles. The summed E-state index contributed by atoms with van der Waals surface area (Å²) in [4.78, 5) is 0. The van der Waals surface area contributed by atoms with Gasteiger partial charge in [0.25, 0.3) is 0 Å². The Morgan fingerprint density at radius 1 is 1.47 bits per heavy atom. The van der Waals surface area contributed by atoms with Gasteiger partial charge < -0.3 is 10.5 Å². The Morgan fingerprint density at radius 2 is 2.21 bits per heavy atom. The number of nitrogens with two attached hydrogens (primary N) is 1. The van der Waals surface area contributed by atoms with E-state index in [1.165, 1.54) is 24.8 Å². The SMILES string of the molecule is CCC1CCC(CN)(OCCc2cnn(C)c2)CC1. The van der Waals surface area contributed by atoms with Crippen LogP contribution < -0.4 is 5.73 Å². The maximum Gasteiger partial charge on any atom is 0.0804 e. The van der Waals surface area contributed by atoms with Crippen molar-refractivity contribution >= 4 is 0 Å². The third-order valence-corrected chi connectivity index (χ3v) is 4.52. The van der Waals surface area contributed by atoms with E-state index in [4.69, 9.17) is 10.5 Å². The summed E-state index contributed by atoms with van der Waals surface area (Å²) in [5.41, 5.74) is 7.14. The van der Waals surface area contributed by atoms with Crippen LogP contribution in [0.4, 0.5) is 0 Å². The Hall–Kier alpha value is -0.870. The Morgan fingerprint density at radius 3 is 2.74 bits per heavy atom. The van der Waals surface area contributed by atoms with E-state index in [1.54, 1.807) is 0 Å². The predicted molar refractivity (Wildman–Crippen MR) is 76.9 cm³/mol. The van der Waals surface area contributed by atoms with Gasteiger partial charge in [0, 0.05) is 19.8 Å². The fraction of sp³-hybridized carbons (Fsp3) is 0.800. The van der Waals surface area contributed by atoms with Crippen molar-refractivity contribution in [2.24, 2.45) is 18.7 Å². The maximum absolute atomic E-state index is 6.16. The van der Waals surface area contributed by atoms with Crippen molar-refractivity contribution < 1.29 is 4.74 Å². The molecule has 1 fully saturated rings. The average molecular weight is 265 g/mol. The second kappa shape index (κ2) is 6.53. The third-order valence-electron chi connectivity index (χ3n) is 4.52. The summed E-state index contributed by atoms with van der Waals surface area (Å²) in [6.07, 6.45) is 10.9. The van der Waals surface area contributed by atoms with Crippen LogP contribution in [0.3, 0.4) is 0 Å². The molecule has 0 radical (unpaired) electrons. The first-order valence-electron chi connectivity index (χ1n) is 7.49. The third kappa shape index (κ3) is 3.80. The predicted octanol–water partition coefficient (Wildman–Crippen LogP) is 2.28. The second-order valence-electron chi connectivity index (χ2n) is 5.86. The van der Waals surface area contributed by atoms with Gasteiger partial charge in [0.2, 0.25) is 0 Å². The van der Waals surface area contributed by atoms with Crippen molar-refractivity contribution in [3.63, 3.8) is 0 Å². The van der Waals surface area contributed by atoms with Gasteiger partial charge in [-0.3, -0.25) is 4.68 Å². The zero-order valence-corrected chi connectivity index (χ0v) is 12.3. The van der Waals surface area contributed by atoms with Crippen LogP contribution in [0.25, 0.3) is 0 Å². The molecule has 2 rings (SSSR count). The number of aryl methyl sites for hydroxylation is 1. The minimum Gasteiger partial charge on any atom is -0.373 e. The van der Waals surface area contributed by atoms with E-state index >= 15 is 0 Å². The van der Waals surface area contributed by atoms with Gasteiger partial charge in [-0.25, -0.2) is 0 Å². The Balaban J connectivity index is 1.79.